The van der Waals surface area contributed by atoms with Gasteiger partial charge in [-0.1, -0.05) is 12.2 Å². The monoisotopic (exact) mass is 416 g/mol. The number of allylic oxidation sites excluding steroid dienone is 2. The Hall–Kier alpha value is -4.58. The Morgan fingerprint density at radius 2 is 1.00 bits per heavy atom. The zero-order chi connectivity index (χ0) is 21.1. The maximum Gasteiger partial charge on any atom is 0.228 e. The van der Waals surface area contributed by atoms with Crippen molar-refractivity contribution in [3.63, 3.8) is 0 Å². The highest BCUT2D eigenvalue weighted by molar-refractivity contribution is 5.82. The van der Waals surface area contributed by atoms with Gasteiger partial charge in [0, 0.05) is 24.3 Å². The van der Waals surface area contributed by atoms with Gasteiger partial charge in [-0.25, -0.2) is 9.97 Å². The third-order valence-corrected chi connectivity index (χ3v) is 6.08. The number of hydrogen-bond acceptors (Lipinski definition) is 0. The van der Waals surface area contributed by atoms with Crippen molar-refractivity contribution in [2.45, 2.75) is 0 Å². The van der Waals surface area contributed by atoms with Crippen molar-refractivity contribution in [2.75, 3.05) is 0 Å². The first-order chi connectivity index (χ1) is 15.8. The van der Waals surface area contributed by atoms with Gasteiger partial charge in [0.15, 0.2) is 0 Å². The van der Waals surface area contributed by atoms with Crippen LogP contribution >= 0.6 is 0 Å². The van der Waals surface area contributed by atoms with Crippen LogP contribution in [0.1, 0.15) is 34.2 Å². The predicted octanol–water partition coefficient (Wildman–Crippen LogP) is 2.89. The molecule has 4 aliphatic heterocycles. The first-order valence-electron chi connectivity index (χ1n) is 10.6. The molecule has 0 unspecified atom stereocenters. The number of hydrogen-bond donors (Lipinski definition) is 4. The van der Waals surface area contributed by atoms with E-state index in [-0.39, 0.29) is 0 Å². The van der Waals surface area contributed by atoms with E-state index < -0.39 is 0 Å². The van der Waals surface area contributed by atoms with Crippen LogP contribution in [0, 0.1) is 0 Å². The molecule has 0 radical (unpaired) electrons. The number of rotatable bonds is 0. The van der Waals surface area contributed by atoms with Crippen LogP contribution in [-0.4, -0.2) is 19.9 Å². The van der Waals surface area contributed by atoms with Gasteiger partial charge in [-0.2, -0.15) is 0 Å². The maximum atomic E-state index is 3.56. The van der Waals surface area contributed by atoms with Gasteiger partial charge >= 0.3 is 0 Å². The Balaban J connectivity index is 1.65. The lowest BCUT2D eigenvalue weighted by atomic mass is 10.2. The van der Waals surface area contributed by atoms with Crippen LogP contribution in [0.4, 0.5) is 0 Å². The summed E-state index contributed by atoms with van der Waals surface area (Å²) in [5, 5.41) is 2.06. The van der Waals surface area contributed by atoms with Crippen LogP contribution in [0.5, 0.6) is 0 Å². The van der Waals surface area contributed by atoms with Gasteiger partial charge in [0.05, 0.1) is 22.1 Å². The largest absolute Gasteiger partial charge is 0.352 e. The van der Waals surface area contributed by atoms with Crippen molar-refractivity contribution in [3.05, 3.63) is 81.3 Å². The molecule has 0 amide bonds. The van der Waals surface area contributed by atoms with Crippen LogP contribution in [-0.2, 0) is 0 Å². The van der Waals surface area contributed by atoms with E-state index in [2.05, 4.69) is 115 Å². The van der Waals surface area contributed by atoms with Gasteiger partial charge in [0.2, 0.25) is 22.8 Å². The molecule has 3 aromatic rings. The van der Waals surface area contributed by atoms with E-state index >= 15 is 0 Å². The summed E-state index contributed by atoms with van der Waals surface area (Å²) >= 11 is 0. The maximum absolute atomic E-state index is 3.56. The number of fused-ring (bicyclic) bond motifs is 18. The molecular formula is C26H20N6+2. The van der Waals surface area contributed by atoms with E-state index in [0.29, 0.717) is 0 Å². The molecule has 6 N–H and O–H groups in total. The quantitative estimate of drug-likeness (QED) is 0.299. The minimum atomic E-state index is 1.03. The number of aromatic nitrogens is 6. The lowest BCUT2D eigenvalue weighted by Gasteiger charge is -1.98. The Morgan fingerprint density at radius 1 is 0.438 bits per heavy atom. The van der Waals surface area contributed by atoms with Crippen LogP contribution in [0.15, 0.2) is 36.4 Å². The van der Waals surface area contributed by atoms with Gasteiger partial charge in [0.25, 0.3) is 0 Å². The molecule has 3 aromatic heterocycles. The van der Waals surface area contributed by atoms with Crippen LogP contribution in [0.2, 0.25) is 0 Å². The molecule has 0 atom stereocenters. The smallest absolute Gasteiger partial charge is 0.228 e. The molecule has 12 bridgehead atoms. The van der Waals surface area contributed by atoms with Gasteiger partial charge < -0.3 is 19.9 Å². The summed E-state index contributed by atoms with van der Waals surface area (Å²) in [6.45, 7) is 0. The standard InChI is InChI=1S/C26H18N6/c1-3-15-19-7-11-23(29-19)25-13-9-21(31-25)17-5-2-6-18(28-17)22-10-14-26(32-22)24-12-8-20(30-24)16(4-1)27-15/h1-14,27-30H/p+2. The molecule has 7 heterocycles. The summed E-state index contributed by atoms with van der Waals surface area (Å²) in [6, 6.07) is 8.42. The van der Waals surface area contributed by atoms with E-state index in [0.717, 1.165) is 66.9 Å². The van der Waals surface area contributed by atoms with Gasteiger partial charge in [-0.05, 0) is 48.6 Å². The van der Waals surface area contributed by atoms with E-state index in [1.807, 2.05) is 0 Å². The topological polar surface area (TPSA) is 91.4 Å². The van der Waals surface area contributed by atoms with Gasteiger partial charge in [-0.3, -0.25) is 0 Å². The Kier molecular flexibility index (Phi) is 3.46. The van der Waals surface area contributed by atoms with E-state index in [1.54, 1.807) is 0 Å². The number of aromatic amines is 6. The van der Waals surface area contributed by atoms with Crippen molar-refractivity contribution >= 4 is 70.7 Å². The highest BCUT2D eigenvalue weighted by Crippen LogP contribution is 2.17. The minimum Gasteiger partial charge on any atom is -0.352 e. The summed E-state index contributed by atoms with van der Waals surface area (Å²) in [5.74, 6) is 0. The van der Waals surface area contributed by atoms with Crippen molar-refractivity contribution in [2.24, 2.45) is 0 Å². The summed E-state index contributed by atoms with van der Waals surface area (Å²) in [7, 11) is 0. The molecule has 152 valence electrons. The summed E-state index contributed by atoms with van der Waals surface area (Å²) in [4.78, 5) is 21.3. The van der Waals surface area contributed by atoms with E-state index in [1.165, 1.54) is 0 Å². The fraction of sp³-hybridized carbons (Fsp3) is 0. The van der Waals surface area contributed by atoms with Crippen molar-refractivity contribution in [1.29, 1.82) is 0 Å². The number of H-pyrrole nitrogens is 6. The predicted molar refractivity (Wildman–Crippen MR) is 129 cm³/mol. The molecule has 6 nitrogen and oxygen atoms in total. The average molecular weight is 416 g/mol. The third-order valence-electron chi connectivity index (χ3n) is 6.08. The van der Waals surface area contributed by atoms with Crippen molar-refractivity contribution < 1.29 is 9.97 Å². The zero-order valence-corrected chi connectivity index (χ0v) is 17.1. The van der Waals surface area contributed by atoms with Crippen LogP contribution in [0.3, 0.4) is 0 Å². The average Bonchev–Trinajstić information content (AvgIpc) is 3.63. The molecule has 32 heavy (non-hydrogen) atoms. The molecule has 0 aromatic carbocycles. The molecule has 7 rings (SSSR count). The van der Waals surface area contributed by atoms with Crippen LogP contribution < -0.4 is 20.7 Å². The van der Waals surface area contributed by atoms with Gasteiger partial charge in [-0.15, -0.1) is 0 Å². The second-order valence-electron chi connectivity index (χ2n) is 8.10. The molecule has 0 spiro atoms. The molecule has 0 saturated heterocycles. The molecule has 4 aliphatic rings. The fourth-order valence-corrected chi connectivity index (χ4v) is 4.40. The zero-order valence-electron chi connectivity index (χ0n) is 17.1. The molecule has 6 heteroatoms. The Labute approximate surface area is 182 Å². The Morgan fingerprint density at radius 3 is 1.84 bits per heavy atom. The first-order valence-corrected chi connectivity index (χ1v) is 10.6. The first kappa shape index (κ1) is 17.1. The molecule has 0 saturated carbocycles. The lowest BCUT2D eigenvalue weighted by molar-refractivity contribution is -0.379. The highest BCUT2D eigenvalue weighted by Gasteiger charge is 2.16. The number of nitrogens with one attached hydrogen (secondary N) is 6. The summed E-state index contributed by atoms with van der Waals surface area (Å²) in [6.07, 6.45) is 20.9. The minimum absolute atomic E-state index is 1.03. The SMILES string of the molecule is C1=Cc2[nH]c(c3[nH+]c(c4ccc([nH]4)c4[nH]c(c5ccc([nH]5)c5[nH+]c2C=C5)=CC=C4)C=C3)=C1. The second-order valence-corrected chi connectivity index (χ2v) is 8.10. The van der Waals surface area contributed by atoms with Crippen molar-refractivity contribution in [1.82, 2.24) is 19.9 Å². The highest BCUT2D eigenvalue weighted by atomic mass is 14.9. The van der Waals surface area contributed by atoms with Crippen molar-refractivity contribution in [3.8, 4) is 0 Å². The normalized spacial score (nSPS) is 14.2. The lowest BCUT2D eigenvalue weighted by Crippen LogP contribution is -2.22. The van der Waals surface area contributed by atoms with E-state index in [4.69, 9.17) is 0 Å². The second kappa shape index (κ2) is 6.46. The summed E-state index contributed by atoms with van der Waals surface area (Å²) in [5.41, 5.74) is 10.4. The summed E-state index contributed by atoms with van der Waals surface area (Å²) < 4.78 is 0. The molecule has 0 aliphatic carbocycles. The third kappa shape index (κ3) is 2.66. The molecular weight excluding hydrogens is 396 g/mol. The Bertz CT molecular complexity index is 1770. The van der Waals surface area contributed by atoms with Gasteiger partial charge in [0.1, 0.15) is 22.1 Å². The van der Waals surface area contributed by atoms with E-state index in [9.17, 15) is 0 Å². The van der Waals surface area contributed by atoms with Crippen LogP contribution in [0.25, 0.3) is 70.7 Å². The molecule has 0 fully saturated rings. The fourth-order valence-electron chi connectivity index (χ4n) is 4.40.